The number of hydrogen-bond donors (Lipinski definition) is 1. The number of rotatable bonds is 9. The Balaban J connectivity index is 1.83. The number of benzene rings is 2. The third kappa shape index (κ3) is 6.33. The minimum Gasteiger partial charge on any atom is -0.497 e. The van der Waals surface area contributed by atoms with Crippen molar-refractivity contribution in [3.8, 4) is 17.2 Å². The van der Waals surface area contributed by atoms with E-state index < -0.39 is 0 Å². The van der Waals surface area contributed by atoms with Crippen molar-refractivity contribution >= 4 is 23.0 Å². The summed E-state index contributed by atoms with van der Waals surface area (Å²) in [6.07, 6.45) is 3.60. The molecule has 7 heteroatoms. The van der Waals surface area contributed by atoms with Crippen LogP contribution in [-0.4, -0.2) is 35.8 Å². The quantitative estimate of drug-likeness (QED) is 0.478. The molecule has 3 aromatic rings. The number of aromatic nitrogens is 1. The number of methoxy groups -OCH3 is 2. The van der Waals surface area contributed by atoms with Gasteiger partial charge in [-0.15, -0.1) is 0 Å². The highest BCUT2D eigenvalue weighted by Gasteiger charge is 2.15. The Morgan fingerprint density at radius 2 is 1.77 bits per heavy atom. The van der Waals surface area contributed by atoms with Gasteiger partial charge in [0.05, 0.1) is 20.8 Å². The van der Waals surface area contributed by atoms with E-state index in [1.807, 2.05) is 67.7 Å². The molecular formula is C24H27N3O3S. The predicted octanol–water partition coefficient (Wildman–Crippen LogP) is 4.90. The zero-order valence-electron chi connectivity index (χ0n) is 18.0. The molecule has 0 fully saturated rings. The number of hydrogen-bond acceptors (Lipinski definition) is 5. The molecule has 162 valence electrons. The highest BCUT2D eigenvalue weighted by Crippen LogP contribution is 2.26. The second kappa shape index (κ2) is 11.2. The molecule has 0 bridgehead atoms. The lowest BCUT2D eigenvalue weighted by atomic mass is 10.1. The van der Waals surface area contributed by atoms with Gasteiger partial charge in [0.2, 0.25) is 0 Å². The molecule has 0 aliphatic rings. The monoisotopic (exact) mass is 437 g/mol. The zero-order chi connectivity index (χ0) is 22.1. The smallest absolute Gasteiger partial charge is 0.174 e. The van der Waals surface area contributed by atoms with E-state index in [2.05, 4.69) is 15.2 Å². The molecule has 0 unspecified atom stereocenters. The van der Waals surface area contributed by atoms with Crippen LogP contribution in [0.4, 0.5) is 5.69 Å². The molecule has 0 saturated carbocycles. The molecule has 0 amide bonds. The summed E-state index contributed by atoms with van der Waals surface area (Å²) < 4.78 is 16.5. The van der Waals surface area contributed by atoms with E-state index in [1.54, 1.807) is 20.4 Å². The molecule has 0 aliphatic carbocycles. The standard InChI is InChI=1S/C24H27N3O3S/c1-4-30-21-9-7-20(8-10-21)26-24(31)27(16-18-6-5-13-25-15-18)17-19-14-22(28-2)11-12-23(19)29-3/h5-15H,4,16-17H2,1-3H3,(H,26,31). The molecule has 1 aromatic heterocycles. The van der Waals surface area contributed by atoms with Crippen LogP contribution in [-0.2, 0) is 13.1 Å². The third-order valence-electron chi connectivity index (χ3n) is 4.65. The normalized spacial score (nSPS) is 10.3. The lowest BCUT2D eigenvalue weighted by molar-refractivity contribution is 0.340. The van der Waals surface area contributed by atoms with E-state index in [4.69, 9.17) is 26.4 Å². The predicted molar refractivity (Wildman–Crippen MR) is 127 cm³/mol. The lowest BCUT2D eigenvalue weighted by Gasteiger charge is -2.27. The van der Waals surface area contributed by atoms with Crippen LogP contribution in [0.1, 0.15) is 18.1 Å². The first-order valence-corrected chi connectivity index (χ1v) is 10.4. The summed E-state index contributed by atoms with van der Waals surface area (Å²) >= 11 is 5.77. The molecule has 0 aliphatic heterocycles. The van der Waals surface area contributed by atoms with E-state index in [0.717, 1.165) is 34.1 Å². The summed E-state index contributed by atoms with van der Waals surface area (Å²) in [5.74, 6) is 2.37. The van der Waals surface area contributed by atoms with E-state index in [1.165, 1.54) is 0 Å². The van der Waals surface area contributed by atoms with Crippen LogP contribution in [0.2, 0.25) is 0 Å². The van der Waals surface area contributed by atoms with Crippen LogP contribution in [0.15, 0.2) is 67.0 Å². The third-order valence-corrected chi connectivity index (χ3v) is 5.01. The topological polar surface area (TPSA) is 55.9 Å². The maximum absolute atomic E-state index is 5.77. The van der Waals surface area contributed by atoms with E-state index in [0.29, 0.717) is 24.8 Å². The highest BCUT2D eigenvalue weighted by molar-refractivity contribution is 7.80. The van der Waals surface area contributed by atoms with Crippen LogP contribution in [0, 0.1) is 0 Å². The van der Waals surface area contributed by atoms with Gasteiger partial charge >= 0.3 is 0 Å². The highest BCUT2D eigenvalue weighted by atomic mass is 32.1. The number of anilines is 1. The van der Waals surface area contributed by atoms with Crippen molar-refractivity contribution < 1.29 is 14.2 Å². The van der Waals surface area contributed by atoms with Crippen molar-refractivity contribution in [2.75, 3.05) is 26.1 Å². The zero-order valence-corrected chi connectivity index (χ0v) is 18.8. The lowest BCUT2D eigenvalue weighted by Crippen LogP contribution is -2.34. The first kappa shape index (κ1) is 22.4. The molecule has 3 rings (SSSR count). The number of thiocarbonyl (C=S) groups is 1. The second-order valence-corrected chi connectivity index (χ2v) is 7.17. The Kier molecular flexibility index (Phi) is 8.06. The molecule has 0 spiro atoms. The molecule has 0 saturated heterocycles. The summed E-state index contributed by atoms with van der Waals surface area (Å²) in [6, 6.07) is 17.4. The molecule has 1 heterocycles. The van der Waals surface area contributed by atoms with Crippen molar-refractivity contribution in [1.82, 2.24) is 9.88 Å². The Labute approximate surface area is 188 Å². The van der Waals surface area contributed by atoms with Gasteiger partial charge in [-0.2, -0.15) is 0 Å². The van der Waals surface area contributed by atoms with Crippen LogP contribution >= 0.6 is 12.2 Å². The number of nitrogens with zero attached hydrogens (tertiary/aromatic N) is 2. The first-order valence-electron chi connectivity index (χ1n) is 10.0. The van der Waals surface area contributed by atoms with Gasteiger partial charge in [-0.05, 0) is 73.2 Å². The number of nitrogens with one attached hydrogen (secondary N) is 1. The van der Waals surface area contributed by atoms with Crippen LogP contribution in [0.25, 0.3) is 0 Å². The Hall–Kier alpha value is -3.32. The SMILES string of the molecule is CCOc1ccc(NC(=S)N(Cc2cccnc2)Cc2cc(OC)ccc2OC)cc1. The second-order valence-electron chi connectivity index (χ2n) is 6.78. The van der Waals surface area contributed by atoms with E-state index >= 15 is 0 Å². The van der Waals surface area contributed by atoms with Crippen molar-refractivity contribution in [3.63, 3.8) is 0 Å². The van der Waals surface area contributed by atoms with Gasteiger partial charge in [-0.25, -0.2) is 0 Å². The van der Waals surface area contributed by atoms with Gasteiger partial charge in [0.1, 0.15) is 17.2 Å². The first-order chi connectivity index (χ1) is 15.1. The van der Waals surface area contributed by atoms with Crippen molar-refractivity contribution in [3.05, 3.63) is 78.1 Å². The number of pyridine rings is 1. The van der Waals surface area contributed by atoms with Gasteiger partial charge < -0.3 is 24.4 Å². The molecule has 0 radical (unpaired) electrons. The average Bonchev–Trinajstić information content (AvgIpc) is 2.80. The van der Waals surface area contributed by atoms with Gasteiger partial charge in [-0.3, -0.25) is 4.98 Å². The Bertz CT molecular complexity index is 981. The van der Waals surface area contributed by atoms with Gasteiger partial charge in [-0.1, -0.05) is 6.07 Å². The van der Waals surface area contributed by atoms with Crippen molar-refractivity contribution in [1.29, 1.82) is 0 Å². The average molecular weight is 438 g/mol. The largest absolute Gasteiger partial charge is 0.497 e. The summed E-state index contributed by atoms with van der Waals surface area (Å²) in [4.78, 5) is 6.30. The fourth-order valence-electron chi connectivity index (χ4n) is 3.13. The number of ether oxygens (including phenoxy) is 3. The molecular weight excluding hydrogens is 410 g/mol. The van der Waals surface area contributed by atoms with Crippen molar-refractivity contribution in [2.24, 2.45) is 0 Å². The maximum Gasteiger partial charge on any atom is 0.174 e. The summed E-state index contributed by atoms with van der Waals surface area (Å²) in [5.41, 5.74) is 2.92. The molecule has 2 aromatic carbocycles. The van der Waals surface area contributed by atoms with E-state index in [9.17, 15) is 0 Å². The summed E-state index contributed by atoms with van der Waals surface area (Å²) in [6.45, 7) is 3.73. The van der Waals surface area contributed by atoms with Crippen LogP contribution in [0.5, 0.6) is 17.2 Å². The van der Waals surface area contributed by atoms with E-state index in [-0.39, 0.29) is 0 Å². The maximum atomic E-state index is 5.77. The van der Waals surface area contributed by atoms with Crippen molar-refractivity contribution in [2.45, 2.75) is 20.0 Å². The molecule has 6 nitrogen and oxygen atoms in total. The summed E-state index contributed by atoms with van der Waals surface area (Å²) in [5, 5.41) is 3.92. The fourth-order valence-corrected chi connectivity index (χ4v) is 3.37. The van der Waals surface area contributed by atoms with Gasteiger partial charge in [0, 0.05) is 36.7 Å². The Morgan fingerprint density at radius 1 is 1.00 bits per heavy atom. The van der Waals surface area contributed by atoms with Crippen LogP contribution < -0.4 is 19.5 Å². The molecule has 0 atom stereocenters. The van der Waals surface area contributed by atoms with Gasteiger partial charge in [0.15, 0.2) is 5.11 Å². The summed E-state index contributed by atoms with van der Waals surface area (Å²) in [7, 11) is 3.31. The minimum absolute atomic E-state index is 0.540. The fraction of sp³-hybridized carbons (Fsp3) is 0.250. The Morgan fingerprint density at radius 3 is 2.42 bits per heavy atom. The molecule has 1 N–H and O–H groups in total. The van der Waals surface area contributed by atoms with Gasteiger partial charge in [0.25, 0.3) is 0 Å². The minimum atomic E-state index is 0.540. The molecule has 31 heavy (non-hydrogen) atoms. The van der Waals surface area contributed by atoms with Crippen LogP contribution in [0.3, 0.4) is 0 Å².